The van der Waals surface area contributed by atoms with Crippen molar-refractivity contribution >= 4 is 6.03 Å². The van der Waals surface area contributed by atoms with E-state index >= 15 is 0 Å². The zero-order valence-corrected chi connectivity index (χ0v) is 10.8. The van der Waals surface area contributed by atoms with Crippen LogP contribution in [0.2, 0.25) is 0 Å². The number of nitrogens with zero attached hydrogens (tertiary/aromatic N) is 1. The number of methoxy groups -OCH3 is 1. The number of hydrogen-bond acceptors (Lipinski definition) is 2. The molecule has 0 radical (unpaired) electrons. The van der Waals surface area contributed by atoms with Crippen molar-refractivity contribution in [2.75, 3.05) is 33.4 Å². The minimum atomic E-state index is 0.0875. The Bertz CT molecular complexity index is 262. The molecule has 0 atom stereocenters. The van der Waals surface area contributed by atoms with E-state index in [1.54, 1.807) is 7.11 Å². The molecule has 4 heteroatoms. The normalized spacial score (nSPS) is 23.0. The number of urea groups is 1. The molecule has 98 valence electrons. The van der Waals surface area contributed by atoms with E-state index in [1.165, 1.54) is 38.5 Å². The molecule has 2 aliphatic rings. The third kappa shape index (κ3) is 3.12. The van der Waals surface area contributed by atoms with Crippen LogP contribution < -0.4 is 5.32 Å². The second-order valence-electron chi connectivity index (χ2n) is 5.46. The lowest BCUT2D eigenvalue weighted by atomic mass is 9.73. The number of likely N-dealkylation sites (tertiary alicyclic amines) is 1. The molecule has 17 heavy (non-hydrogen) atoms. The maximum Gasteiger partial charge on any atom is 0.317 e. The van der Waals surface area contributed by atoms with E-state index in [0.717, 1.165) is 13.1 Å². The number of carbonyl (C=O) groups is 1. The molecular weight excluding hydrogens is 216 g/mol. The summed E-state index contributed by atoms with van der Waals surface area (Å²) >= 11 is 0. The van der Waals surface area contributed by atoms with Crippen LogP contribution in [-0.2, 0) is 4.74 Å². The van der Waals surface area contributed by atoms with Crippen LogP contribution in [0.4, 0.5) is 4.79 Å². The number of carbonyl (C=O) groups excluding carboxylic acids is 1. The molecule has 1 saturated carbocycles. The molecule has 2 amide bonds. The Morgan fingerprint density at radius 1 is 1.29 bits per heavy atom. The summed E-state index contributed by atoms with van der Waals surface area (Å²) in [5, 5.41) is 2.91. The van der Waals surface area contributed by atoms with E-state index in [1.807, 2.05) is 4.90 Å². The zero-order valence-electron chi connectivity index (χ0n) is 10.8. The van der Waals surface area contributed by atoms with Crippen LogP contribution in [0.25, 0.3) is 0 Å². The predicted octanol–water partition coefficient (Wildman–Crippen LogP) is 2.00. The first-order valence-corrected chi connectivity index (χ1v) is 6.77. The number of rotatable bonds is 3. The van der Waals surface area contributed by atoms with Crippen molar-refractivity contribution in [2.24, 2.45) is 5.41 Å². The van der Waals surface area contributed by atoms with E-state index in [9.17, 15) is 4.79 Å². The standard InChI is InChI=1S/C13H24N2O2/c1-17-10-8-14-12(16)15-9-7-13(11-15)5-3-2-4-6-13/h2-11H2,1H3,(H,14,16). The van der Waals surface area contributed by atoms with Gasteiger partial charge in [-0.2, -0.15) is 0 Å². The van der Waals surface area contributed by atoms with E-state index < -0.39 is 0 Å². The van der Waals surface area contributed by atoms with Crippen molar-refractivity contribution in [1.82, 2.24) is 10.2 Å². The lowest BCUT2D eigenvalue weighted by Gasteiger charge is -2.33. The average Bonchev–Trinajstić information content (AvgIpc) is 2.74. The largest absolute Gasteiger partial charge is 0.383 e. The summed E-state index contributed by atoms with van der Waals surface area (Å²) in [6.45, 7) is 3.09. The number of nitrogens with one attached hydrogen (secondary N) is 1. The Hall–Kier alpha value is -0.770. The Morgan fingerprint density at radius 2 is 2.06 bits per heavy atom. The first kappa shape index (κ1) is 12.7. The minimum Gasteiger partial charge on any atom is -0.383 e. The van der Waals surface area contributed by atoms with Crippen LogP contribution in [0.1, 0.15) is 38.5 Å². The van der Waals surface area contributed by atoms with E-state index in [4.69, 9.17) is 4.74 Å². The van der Waals surface area contributed by atoms with Gasteiger partial charge in [-0.25, -0.2) is 4.79 Å². The molecule has 0 aromatic rings. The monoisotopic (exact) mass is 240 g/mol. The summed E-state index contributed by atoms with van der Waals surface area (Å²) in [5.74, 6) is 0. The summed E-state index contributed by atoms with van der Waals surface area (Å²) in [4.78, 5) is 13.9. The number of hydrogen-bond donors (Lipinski definition) is 1. The molecule has 1 spiro atoms. The molecule has 1 N–H and O–H groups in total. The van der Waals surface area contributed by atoms with Gasteiger partial charge in [0, 0.05) is 26.7 Å². The molecule has 2 fully saturated rings. The van der Waals surface area contributed by atoms with Crippen LogP contribution in [0.3, 0.4) is 0 Å². The molecule has 0 aromatic carbocycles. The van der Waals surface area contributed by atoms with Crippen molar-refractivity contribution in [3.05, 3.63) is 0 Å². The van der Waals surface area contributed by atoms with Crippen molar-refractivity contribution in [1.29, 1.82) is 0 Å². The average molecular weight is 240 g/mol. The molecule has 2 rings (SSSR count). The Labute approximate surface area is 104 Å². The van der Waals surface area contributed by atoms with Gasteiger partial charge < -0.3 is 15.0 Å². The number of ether oxygens (including phenoxy) is 1. The van der Waals surface area contributed by atoms with Crippen LogP contribution in [0.5, 0.6) is 0 Å². The lowest BCUT2D eigenvalue weighted by molar-refractivity contribution is 0.169. The van der Waals surface area contributed by atoms with Gasteiger partial charge in [0.1, 0.15) is 0 Å². The highest BCUT2D eigenvalue weighted by atomic mass is 16.5. The summed E-state index contributed by atoms with van der Waals surface area (Å²) in [7, 11) is 1.65. The van der Waals surface area contributed by atoms with Crippen LogP contribution >= 0.6 is 0 Å². The van der Waals surface area contributed by atoms with Gasteiger partial charge in [-0.15, -0.1) is 0 Å². The highest BCUT2D eigenvalue weighted by Crippen LogP contribution is 2.43. The van der Waals surface area contributed by atoms with E-state index in [0.29, 0.717) is 18.6 Å². The van der Waals surface area contributed by atoms with Crippen LogP contribution in [-0.4, -0.2) is 44.3 Å². The Morgan fingerprint density at radius 3 is 2.76 bits per heavy atom. The highest BCUT2D eigenvalue weighted by Gasteiger charge is 2.40. The summed E-state index contributed by atoms with van der Waals surface area (Å²) in [6.07, 6.45) is 7.90. The molecule has 1 heterocycles. The van der Waals surface area contributed by atoms with Crippen molar-refractivity contribution in [3.8, 4) is 0 Å². The van der Waals surface area contributed by atoms with Gasteiger partial charge in [0.25, 0.3) is 0 Å². The fraction of sp³-hybridized carbons (Fsp3) is 0.923. The third-order valence-corrected chi connectivity index (χ3v) is 4.22. The van der Waals surface area contributed by atoms with Crippen molar-refractivity contribution < 1.29 is 9.53 Å². The summed E-state index contributed by atoms with van der Waals surface area (Å²) < 4.78 is 4.93. The smallest absolute Gasteiger partial charge is 0.317 e. The van der Waals surface area contributed by atoms with Gasteiger partial charge in [0.2, 0.25) is 0 Å². The van der Waals surface area contributed by atoms with Crippen LogP contribution in [0.15, 0.2) is 0 Å². The highest BCUT2D eigenvalue weighted by molar-refractivity contribution is 5.74. The molecule has 1 aliphatic carbocycles. The van der Waals surface area contributed by atoms with Crippen molar-refractivity contribution in [3.63, 3.8) is 0 Å². The van der Waals surface area contributed by atoms with Gasteiger partial charge in [0.15, 0.2) is 0 Å². The minimum absolute atomic E-state index is 0.0875. The second kappa shape index (κ2) is 5.71. The van der Waals surface area contributed by atoms with Gasteiger partial charge in [-0.3, -0.25) is 0 Å². The molecule has 0 unspecified atom stereocenters. The second-order valence-corrected chi connectivity index (χ2v) is 5.46. The molecule has 0 aromatic heterocycles. The quantitative estimate of drug-likeness (QED) is 0.767. The van der Waals surface area contributed by atoms with Crippen LogP contribution in [0, 0.1) is 5.41 Å². The SMILES string of the molecule is COCCNC(=O)N1CCC2(CCCCC2)C1. The van der Waals surface area contributed by atoms with E-state index in [2.05, 4.69) is 5.32 Å². The van der Waals surface area contributed by atoms with E-state index in [-0.39, 0.29) is 6.03 Å². The zero-order chi connectivity index (χ0) is 12.1. The molecule has 1 saturated heterocycles. The summed E-state index contributed by atoms with van der Waals surface area (Å²) in [5.41, 5.74) is 0.455. The predicted molar refractivity (Wildman–Crippen MR) is 67.0 cm³/mol. The lowest BCUT2D eigenvalue weighted by Crippen LogP contribution is -2.41. The van der Waals surface area contributed by atoms with Gasteiger partial charge in [-0.1, -0.05) is 19.3 Å². The fourth-order valence-corrected chi connectivity index (χ4v) is 3.19. The first-order chi connectivity index (χ1) is 8.26. The fourth-order valence-electron chi connectivity index (χ4n) is 3.19. The topological polar surface area (TPSA) is 41.6 Å². The first-order valence-electron chi connectivity index (χ1n) is 6.77. The molecule has 0 bridgehead atoms. The number of amides is 2. The maximum atomic E-state index is 11.9. The summed E-state index contributed by atoms with van der Waals surface area (Å²) in [6, 6.07) is 0.0875. The third-order valence-electron chi connectivity index (χ3n) is 4.22. The molecule has 1 aliphatic heterocycles. The van der Waals surface area contributed by atoms with Crippen molar-refractivity contribution in [2.45, 2.75) is 38.5 Å². The van der Waals surface area contributed by atoms with Gasteiger partial charge in [0.05, 0.1) is 6.61 Å². The maximum absolute atomic E-state index is 11.9. The molecule has 4 nitrogen and oxygen atoms in total. The Balaban J connectivity index is 1.78. The molecular formula is C13H24N2O2. The van der Waals surface area contributed by atoms with Gasteiger partial charge >= 0.3 is 6.03 Å². The Kier molecular flexibility index (Phi) is 4.26. The van der Waals surface area contributed by atoms with Gasteiger partial charge in [-0.05, 0) is 24.7 Å².